The molecule has 0 aliphatic heterocycles. The van der Waals surface area contributed by atoms with E-state index in [9.17, 15) is 4.79 Å². The fraction of sp³-hybridized carbons (Fsp3) is 0.800. The van der Waals surface area contributed by atoms with Gasteiger partial charge in [-0.2, -0.15) is 0 Å². The molecule has 20 heavy (non-hydrogen) atoms. The Morgan fingerprint density at radius 2 is 1.45 bits per heavy atom. The van der Waals surface area contributed by atoms with Gasteiger partial charge in [0.1, 0.15) is 5.02 Å². The first-order chi connectivity index (χ1) is 9.75. The maximum Gasteiger partial charge on any atom is 0.262 e. The van der Waals surface area contributed by atoms with Gasteiger partial charge in [-0.25, -0.2) is 0 Å². The van der Waals surface area contributed by atoms with Crippen molar-refractivity contribution < 1.29 is 0 Å². The summed E-state index contributed by atoms with van der Waals surface area (Å²) in [6.07, 6.45) is 13.6. The van der Waals surface area contributed by atoms with Gasteiger partial charge >= 0.3 is 0 Å². The Morgan fingerprint density at radius 3 is 1.95 bits per heavy atom. The molecule has 116 valence electrons. The highest BCUT2D eigenvalue weighted by atomic mass is 35.5. The quantitative estimate of drug-likeness (QED) is 0.233. The molecule has 0 aliphatic carbocycles. The smallest absolute Gasteiger partial charge is 0.262 e. The van der Waals surface area contributed by atoms with Gasteiger partial charge in [0.15, 0.2) is 0 Å². The van der Waals surface area contributed by atoms with Gasteiger partial charge in [0.2, 0.25) is 0 Å². The molecule has 1 nitrogen and oxygen atoms in total. The molecule has 0 aliphatic rings. The van der Waals surface area contributed by atoms with Gasteiger partial charge in [-0.1, -0.05) is 86.7 Å². The van der Waals surface area contributed by atoms with E-state index in [-0.39, 0.29) is 4.74 Å². The minimum absolute atomic E-state index is 0.0160. The molecule has 0 atom stereocenters. The van der Waals surface area contributed by atoms with Gasteiger partial charge in [-0.05, 0) is 22.5 Å². The van der Waals surface area contributed by atoms with E-state index in [1.54, 1.807) is 11.8 Å². The van der Waals surface area contributed by atoms with E-state index in [1.807, 2.05) is 0 Å². The van der Waals surface area contributed by atoms with Crippen molar-refractivity contribution in [2.45, 2.75) is 75.3 Å². The van der Waals surface area contributed by atoms with Crippen LogP contribution in [0.5, 0.6) is 0 Å². The fourth-order valence-corrected chi connectivity index (χ4v) is 6.25. The third kappa shape index (κ3) is 8.06. The van der Waals surface area contributed by atoms with Crippen LogP contribution in [0.25, 0.3) is 0 Å². The van der Waals surface area contributed by atoms with Gasteiger partial charge < -0.3 is 0 Å². The Labute approximate surface area is 139 Å². The largest absolute Gasteiger partial charge is 0.275 e. The van der Waals surface area contributed by atoms with Crippen LogP contribution in [0.15, 0.2) is 9.00 Å². The molecule has 0 fully saturated rings. The highest BCUT2D eigenvalue weighted by molar-refractivity contribution is 8.02. The van der Waals surface area contributed by atoms with Crippen LogP contribution in [-0.2, 0) is 0 Å². The Bertz CT molecular complexity index is 400. The van der Waals surface area contributed by atoms with Crippen molar-refractivity contribution in [3.8, 4) is 0 Å². The first-order valence-electron chi connectivity index (χ1n) is 7.67. The zero-order valence-electron chi connectivity index (χ0n) is 12.3. The molecule has 1 heterocycles. The van der Waals surface area contributed by atoms with Crippen LogP contribution in [0.4, 0.5) is 0 Å². The lowest BCUT2D eigenvalue weighted by Crippen LogP contribution is -1.88. The van der Waals surface area contributed by atoms with Crippen molar-refractivity contribution in [2.24, 2.45) is 0 Å². The van der Waals surface area contributed by atoms with Crippen molar-refractivity contribution in [2.75, 3.05) is 5.75 Å². The normalized spacial score (nSPS) is 11.1. The second-order valence-corrected chi connectivity index (χ2v) is 8.94. The third-order valence-electron chi connectivity index (χ3n) is 3.28. The van der Waals surface area contributed by atoms with Gasteiger partial charge in [0, 0.05) is 0 Å². The topological polar surface area (TPSA) is 17.1 Å². The highest BCUT2D eigenvalue weighted by Crippen LogP contribution is 2.32. The van der Waals surface area contributed by atoms with E-state index in [4.69, 9.17) is 11.6 Å². The van der Waals surface area contributed by atoms with Gasteiger partial charge in [0.05, 0.1) is 4.21 Å². The van der Waals surface area contributed by atoms with Crippen LogP contribution in [-0.4, -0.2) is 5.75 Å². The van der Waals surface area contributed by atoms with Crippen LogP contribution in [0.1, 0.15) is 71.1 Å². The molecule has 0 radical (unpaired) electrons. The van der Waals surface area contributed by atoms with E-state index < -0.39 is 0 Å². The molecule has 0 unspecified atom stereocenters. The Kier molecular flexibility index (Phi) is 11.2. The summed E-state index contributed by atoms with van der Waals surface area (Å²) in [5.41, 5.74) is 0. The predicted molar refractivity (Wildman–Crippen MR) is 96.0 cm³/mol. The van der Waals surface area contributed by atoms with Crippen LogP contribution in [0.3, 0.4) is 0 Å². The Balaban J connectivity index is 1.88. The summed E-state index contributed by atoms with van der Waals surface area (Å²) in [6.45, 7) is 2.26. The molecule has 0 saturated carbocycles. The van der Waals surface area contributed by atoms with E-state index in [2.05, 4.69) is 6.92 Å². The second-order valence-electron chi connectivity index (χ2n) is 5.09. The Hall–Kier alpha value is 0.490. The molecule has 0 bridgehead atoms. The number of thioether (sulfide) groups is 1. The van der Waals surface area contributed by atoms with Gasteiger partial charge in [-0.3, -0.25) is 4.79 Å². The van der Waals surface area contributed by atoms with Crippen molar-refractivity contribution in [3.63, 3.8) is 0 Å². The van der Waals surface area contributed by atoms with Crippen LogP contribution in [0, 0.1) is 0 Å². The molecular weight excluding hydrogens is 328 g/mol. The monoisotopic (exact) mass is 352 g/mol. The minimum atomic E-state index is 0.0160. The lowest BCUT2D eigenvalue weighted by atomic mass is 10.1. The number of hydrogen-bond acceptors (Lipinski definition) is 4. The van der Waals surface area contributed by atoms with Crippen LogP contribution in [0.2, 0.25) is 5.02 Å². The predicted octanol–water partition coefficient (Wildman–Crippen LogP) is 6.84. The maximum atomic E-state index is 11.2. The third-order valence-corrected chi connectivity index (χ3v) is 7.86. The van der Waals surface area contributed by atoms with Crippen LogP contribution < -0.4 is 4.74 Å². The summed E-state index contributed by atoms with van der Waals surface area (Å²) in [6, 6.07) is 0. The first kappa shape index (κ1) is 18.5. The molecule has 0 amide bonds. The number of unbranched alkanes of at least 4 members (excludes halogenated alkanes) is 9. The van der Waals surface area contributed by atoms with Gasteiger partial charge in [0.25, 0.3) is 4.74 Å². The summed E-state index contributed by atoms with van der Waals surface area (Å²) < 4.78 is 1.03. The average Bonchev–Trinajstić information content (AvgIpc) is 2.76. The maximum absolute atomic E-state index is 11.2. The number of rotatable bonds is 12. The average molecular weight is 353 g/mol. The zero-order chi connectivity index (χ0) is 14.6. The molecule has 0 N–H and O–H groups in total. The molecule has 5 heteroatoms. The number of hydrogen-bond donors (Lipinski definition) is 0. The molecular formula is C15H25ClOS3. The van der Waals surface area contributed by atoms with Crippen molar-refractivity contribution in [1.82, 2.24) is 0 Å². The van der Waals surface area contributed by atoms with E-state index in [0.717, 1.165) is 9.96 Å². The summed E-state index contributed by atoms with van der Waals surface area (Å²) in [5.74, 6) is 1.09. The van der Waals surface area contributed by atoms with E-state index in [1.165, 1.54) is 84.9 Å². The van der Waals surface area contributed by atoms with Crippen molar-refractivity contribution in [3.05, 3.63) is 14.6 Å². The van der Waals surface area contributed by atoms with Gasteiger partial charge in [-0.15, -0.1) is 11.8 Å². The molecule has 1 aromatic heterocycles. The molecule has 0 saturated heterocycles. The minimum Gasteiger partial charge on any atom is -0.275 e. The SMILES string of the molecule is CCCCCCCCCCCCSc1ssc(=O)c1Cl. The lowest BCUT2D eigenvalue weighted by molar-refractivity contribution is 0.563. The Morgan fingerprint density at radius 1 is 0.900 bits per heavy atom. The second kappa shape index (κ2) is 12.1. The fourth-order valence-electron chi connectivity index (χ4n) is 2.07. The first-order valence-corrected chi connectivity index (χ1v) is 11.2. The molecule has 0 aromatic carbocycles. The van der Waals surface area contributed by atoms with Crippen LogP contribution >= 0.6 is 44.0 Å². The van der Waals surface area contributed by atoms with E-state index >= 15 is 0 Å². The zero-order valence-corrected chi connectivity index (χ0v) is 15.5. The standard InChI is InChI=1S/C15H25ClOS3/c1-2-3-4-5-6-7-8-9-10-11-12-18-15-13(16)14(17)19-20-15/h2-12H2,1H3. The number of halogens is 1. The molecule has 1 rings (SSSR count). The summed E-state index contributed by atoms with van der Waals surface area (Å²) >= 11 is 7.67. The molecule has 1 aromatic rings. The highest BCUT2D eigenvalue weighted by Gasteiger charge is 2.07. The van der Waals surface area contributed by atoms with E-state index in [0.29, 0.717) is 5.02 Å². The summed E-state index contributed by atoms with van der Waals surface area (Å²) in [4.78, 5) is 11.2. The molecule has 0 spiro atoms. The van der Waals surface area contributed by atoms with Crippen molar-refractivity contribution in [1.29, 1.82) is 0 Å². The summed E-state index contributed by atoms with van der Waals surface area (Å²) in [5, 5.41) is 0.442. The lowest BCUT2D eigenvalue weighted by Gasteiger charge is -2.02. The summed E-state index contributed by atoms with van der Waals surface area (Å²) in [7, 11) is 2.76. The van der Waals surface area contributed by atoms with Crippen molar-refractivity contribution >= 4 is 44.0 Å².